The molecule has 4 nitrogen and oxygen atoms in total. The number of aromatic nitrogens is 2. The molecule has 0 aliphatic carbocycles. The maximum Gasteiger partial charge on any atom is 0.165 e. The van der Waals surface area contributed by atoms with Crippen LogP contribution in [0.3, 0.4) is 0 Å². The number of hydrogen-bond donors (Lipinski definition) is 0. The summed E-state index contributed by atoms with van der Waals surface area (Å²) in [5, 5.41) is 4.54. The lowest BCUT2D eigenvalue weighted by Crippen LogP contribution is -1.95. The molecule has 0 spiro atoms. The van der Waals surface area contributed by atoms with Gasteiger partial charge in [0.1, 0.15) is 5.75 Å². The zero-order valence-corrected chi connectivity index (χ0v) is 10.7. The van der Waals surface area contributed by atoms with Crippen LogP contribution in [0.25, 0.3) is 0 Å². The molecule has 2 rings (SSSR count). The number of nitrogens with zero attached hydrogens (tertiary/aromatic N) is 2. The van der Waals surface area contributed by atoms with E-state index < -0.39 is 0 Å². The molecule has 0 atom stereocenters. The molecule has 0 aliphatic heterocycles. The summed E-state index contributed by atoms with van der Waals surface area (Å²) in [5.41, 5.74) is 0.450. The van der Waals surface area contributed by atoms with Gasteiger partial charge in [-0.25, -0.2) is 0 Å². The molecule has 94 valence electrons. The molecule has 0 bridgehead atoms. The lowest BCUT2D eigenvalue weighted by atomic mass is 10.2. The number of carbonyl (C=O) groups is 1. The van der Waals surface area contributed by atoms with Gasteiger partial charge in [0.15, 0.2) is 12.0 Å². The molecule has 0 saturated heterocycles. The normalized spacial score (nSPS) is 10.3. The highest BCUT2D eigenvalue weighted by atomic mass is 35.5. The zero-order valence-electron chi connectivity index (χ0n) is 9.97. The van der Waals surface area contributed by atoms with Crippen molar-refractivity contribution >= 4 is 17.9 Å². The van der Waals surface area contributed by atoms with Gasteiger partial charge in [0.2, 0.25) is 0 Å². The second-order valence-electron chi connectivity index (χ2n) is 3.84. The predicted octanol–water partition coefficient (Wildman–Crippen LogP) is 3.55. The van der Waals surface area contributed by atoms with Crippen molar-refractivity contribution in [2.45, 2.75) is 19.9 Å². The van der Waals surface area contributed by atoms with Crippen molar-refractivity contribution in [3.05, 3.63) is 41.2 Å². The van der Waals surface area contributed by atoms with Crippen molar-refractivity contribution in [2.75, 3.05) is 0 Å². The highest BCUT2D eigenvalue weighted by Crippen LogP contribution is 2.25. The van der Waals surface area contributed by atoms with Crippen molar-refractivity contribution in [1.82, 2.24) is 9.78 Å². The van der Waals surface area contributed by atoms with Gasteiger partial charge in [0.25, 0.3) is 0 Å². The maximum atomic E-state index is 10.6. The minimum Gasteiger partial charge on any atom is -0.454 e. The lowest BCUT2D eigenvalue weighted by Gasteiger charge is -2.04. The second-order valence-corrected chi connectivity index (χ2v) is 4.25. The Kier molecular flexibility index (Phi) is 3.99. The molecule has 2 aromatic rings. The molecule has 0 saturated carbocycles. The molecule has 1 heterocycles. The average molecular weight is 265 g/mol. The summed E-state index contributed by atoms with van der Waals surface area (Å²) in [6.45, 7) is 2.94. The van der Waals surface area contributed by atoms with Gasteiger partial charge in [0.05, 0.1) is 17.4 Å². The van der Waals surface area contributed by atoms with Gasteiger partial charge in [0, 0.05) is 18.2 Å². The third kappa shape index (κ3) is 2.90. The van der Waals surface area contributed by atoms with Crippen molar-refractivity contribution in [3.8, 4) is 11.5 Å². The van der Waals surface area contributed by atoms with Crippen LogP contribution in [0, 0.1) is 0 Å². The largest absolute Gasteiger partial charge is 0.454 e. The van der Waals surface area contributed by atoms with Crippen LogP contribution in [0.4, 0.5) is 0 Å². The van der Waals surface area contributed by atoms with Gasteiger partial charge >= 0.3 is 0 Å². The fourth-order valence-electron chi connectivity index (χ4n) is 1.55. The second kappa shape index (κ2) is 5.69. The maximum absolute atomic E-state index is 10.6. The van der Waals surface area contributed by atoms with Crippen LogP contribution in [0.15, 0.2) is 30.6 Å². The molecule has 1 aromatic carbocycles. The lowest BCUT2D eigenvalue weighted by molar-refractivity contribution is 0.112. The van der Waals surface area contributed by atoms with E-state index in [4.69, 9.17) is 16.3 Å². The van der Waals surface area contributed by atoms with Crippen molar-refractivity contribution in [2.24, 2.45) is 0 Å². The Morgan fingerprint density at radius 2 is 2.28 bits per heavy atom. The third-order valence-electron chi connectivity index (χ3n) is 2.40. The minimum absolute atomic E-state index is 0.378. The van der Waals surface area contributed by atoms with Crippen LogP contribution in [0.1, 0.15) is 23.7 Å². The monoisotopic (exact) mass is 264 g/mol. The van der Waals surface area contributed by atoms with Gasteiger partial charge in [-0.15, -0.1) is 0 Å². The topological polar surface area (TPSA) is 44.1 Å². The molecular formula is C13H13ClN2O2. The smallest absolute Gasteiger partial charge is 0.165 e. The van der Waals surface area contributed by atoms with E-state index in [2.05, 4.69) is 12.0 Å². The molecule has 0 unspecified atom stereocenters. The third-order valence-corrected chi connectivity index (χ3v) is 2.72. The van der Waals surface area contributed by atoms with Crippen LogP contribution in [-0.2, 0) is 6.54 Å². The predicted molar refractivity (Wildman–Crippen MR) is 69.4 cm³/mol. The van der Waals surface area contributed by atoms with Crippen LogP contribution in [0.2, 0.25) is 5.02 Å². The Balaban J connectivity index is 2.12. The number of halogens is 1. The first kappa shape index (κ1) is 12.6. The zero-order chi connectivity index (χ0) is 13.0. The first-order valence-corrected chi connectivity index (χ1v) is 6.05. The van der Waals surface area contributed by atoms with E-state index in [1.807, 2.05) is 10.9 Å². The number of aldehydes is 1. The van der Waals surface area contributed by atoms with Gasteiger partial charge in [-0.05, 0) is 18.6 Å². The van der Waals surface area contributed by atoms with E-state index in [1.165, 1.54) is 0 Å². The fourth-order valence-corrected chi connectivity index (χ4v) is 1.77. The van der Waals surface area contributed by atoms with Crippen molar-refractivity contribution in [1.29, 1.82) is 0 Å². The van der Waals surface area contributed by atoms with Crippen LogP contribution in [-0.4, -0.2) is 16.1 Å². The summed E-state index contributed by atoms with van der Waals surface area (Å²) in [4.78, 5) is 10.6. The Morgan fingerprint density at radius 3 is 2.94 bits per heavy atom. The molecule has 1 aromatic heterocycles. The summed E-state index contributed by atoms with van der Waals surface area (Å²) in [7, 11) is 0. The number of aryl methyl sites for hydroxylation is 1. The van der Waals surface area contributed by atoms with Gasteiger partial charge in [-0.3, -0.25) is 9.48 Å². The van der Waals surface area contributed by atoms with E-state index in [1.54, 1.807) is 24.4 Å². The van der Waals surface area contributed by atoms with Crippen molar-refractivity contribution < 1.29 is 9.53 Å². The summed E-state index contributed by atoms with van der Waals surface area (Å²) < 4.78 is 7.42. The molecule has 0 N–H and O–H groups in total. The number of carbonyl (C=O) groups excluding carboxylic acids is 1. The quantitative estimate of drug-likeness (QED) is 0.776. The molecule has 0 aliphatic rings. The first-order valence-electron chi connectivity index (χ1n) is 5.68. The Labute approximate surface area is 110 Å². The average Bonchev–Trinajstić information content (AvgIpc) is 2.77. The minimum atomic E-state index is 0.378. The molecule has 0 fully saturated rings. The molecule has 5 heteroatoms. The Morgan fingerprint density at radius 1 is 1.44 bits per heavy atom. The number of hydrogen-bond acceptors (Lipinski definition) is 3. The Hall–Kier alpha value is -1.81. The molecule has 18 heavy (non-hydrogen) atoms. The molecule has 0 radical (unpaired) electrons. The summed E-state index contributed by atoms with van der Waals surface area (Å²) in [6.07, 6.45) is 5.20. The van der Waals surface area contributed by atoms with Crippen LogP contribution in [0.5, 0.6) is 11.5 Å². The van der Waals surface area contributed by atoms with Crippen LogP contribution < -0.4 is 4.74 Å². The van der Waals surface area contributed by atoms with E-state index in [9.17, 15) is 4.79 Å². The Bertz CT molecular complexity index is 552. The highest BCUT2D eigenvalue weighted by molar-refractivity contribution is 6.33. The standard InChI is InChI=1S/C13H13ClN2O2/c1-2-5-16-8-12(7-15-16)18-11-4-3-10(9-17)13(14)6-11/h3-4,6-9H,2,5H2,1H3. The van der Waals surface area contributed by atoms with E-state index in [0.717, 1.165) is 13.0 Å². The molecular weight excluding hydrogens is 252 g/mol. The van der Waals surface area contributed by atoms with Crippen LogP contribution >= 0.6 is 11.6 Å². The number of benzene rings is 1. The van der Waals surface area contributed by atoms with Crippen molar-refractivity contribution in [3.63, 3.8) is 0 Å². The summed E-state index contributed by atoms with van der Waals surface area (Å²) in [6, 6.07) is 4.94. The van der Waals surface area contributed by atoms with E-state index in [-0.39, 0.29) is 0 Å². The first-order chi connectivity index (χ1) is 8.72. The highest BCUT2D eigenvalue weighted by Gasteiger charge is 2.04. The summed E-state index contributed by atoms with van der Waals surface area (Å²) in [5.74, 6) is 1.24. The van der Waals surface area contributed by atoms with Gasteiger partial charge in [-0.2, -0.15) is 5.10 Å². The SMILES string of the molecule is CCCn1cc(Oc2ccc(C=O)c(Cl)c2)cn1. The summed E-state index contributed by atoms with van der Waals surface area (Å²) >= 11 is 5.92. The van der Waals surface area contributed by atoms with E-state index in [0.29, 0.717) is 28.4 Å². The number of ether oxygens (including phenoxy) is 1. The van der Waals surface area contributed by atoms with Gasteiger partial charge in [-0.1, -0.05) is 18.5 Å². The van der Waals surface area contributed by atoms with Gasteiger partial charge < -0.3 is 4.74 Å². The fraction of sp³-hybridized carbons (Fsp3) is 0.231. The van der Waals surface area contributed by atoms with E-state index >= 15 is 0 Å². The molecule has 0 amide bonds. The number of rotatable bonds is 5.